The Kier molecular flexibility index (Phi) is 5.26. The smallest absolute Gasteiger partial charge is 0.231 e. The minimum Gasteiger partial charge on any atom is -0.454 e. The number of anilines is 1. The maximum absolute atomic E-state index is 12.3. The van der Waals surface area contributed by atoms with Crippen molar-refractivity contribution in [3.63, 3.8) is 0 Å². The number of hydrogen-bond donors (Lipinski definition) is 1. The molecule has 0 aromatic heterocycles. The number of rotatable bonds is 4. The van der Waals surface area contributed by atoms with Crippen LogP contribution in [0.4, 0.5) is 5.69 Å². The summed E-state index contributed by atoms with van der Waals surface area (Å²) in [6.07, 6.45) is 1.02. The van der Waals surface area contributed by atoms with E-state index in [-0.39, 0.29) is 12.7 Å². The molecule has 0 fully saturated rings. The molecule has 0 radical (unpaired) electrons. The normalized spacial score (nSPS) is 11.4. The molecule has 1 amide bonds. The number of benzene rings is 3. The van der Waals surface area contributed by atoms with Gasteiger partial charge in [-0.1, -0.05) is 42.2 Å². The zero-order valence-electron chi connectivity index (χ0n) is 15.3. The molecule has 1 aliphatic rings. The second kappa shape index (κ2) is 8.32. The fraction of sp³-hybridized carbons (Fsp3) is 0.125. The Morgan fingerprint density at radius 3 is 2.54 bits per heavy atom. The van der Waals surface area contributed by atoms with Gasteiger partial charge in [0.1, 0.15) is 0 Å². The summed E-state index contributed by atoms with van der Waals surface area (Å²) in [7, 11) is 0. The van der Waals surface area contributed by atoms with Crippen LogP contribution in [0.1, 0.15) is 23.1 Å². The lowest BCUT2D eigenvalue weighted by Crippen LogP contribution is -2.12. The highest BCUT2D eigenvalue weighted by molar-refractivity contribution is 5.91. The highest BCUT2D eigenvalue weighted by Gasteiger charge is 2.13. The van der Waals surface area contributed by atoms with E-state index < -0.39 is 0 Å². The van der Waals surface area contributed by atoms with Crippen molar-refractivity contribution in [2.75, 3.05) is 12.1 Å². The highest BCUT2D eigenvalue weighted by Crippen LogP contribution is 2.32. The van der Waals surface area contributed by atoms with Gasteiger partial charge in [-0.2, -0.15) is 0 Å². The molecule has 0 saturated heterocycles. The molecule has 1 N–H and O–H groups in total. The first-order valence-electron chi connectivity index (χ1n) is 9.12. The van der Waals surface area contributed by atoms with Gasteiger partial charge in [-0.3, -0.25) is 4.79 Å². The van der Waals surface area contributed by atoms with Gasteiger partial charge in [0.25, 0.3) is 0 Å². The Bertz CT molecular complexity index is 1050. The number of fused-ring (bicyclic) bond motifs is 1. The van der Waals surface area contributed by atoms with Crippen LogP contribution in [0, 0.1) is 11.8 Å². The maximum Gasteiger partial charge on any atom is 0.231 e. The summed E-state index contributed by atoms with van der Waals surface area (Å²) >= 11 is 0. The van der Waals surface area contributed by atoms with Gasteiger partial charge >= 0.3 is 0 Å². The van der Waals surface area contributed by atoms with E-state index in [4.69, 9.17) is 9.47 Å². The van der Waals surface area contributed by atoms with Crippen molar-refractivity contribution < 1.29 is 14.3 Å². The van der Waals surface area contributed by atoms with E-state index in [0.717, 1.165) is 33.9 Å². The van der Waals surface area contributed by atoms with E-state index in [1.54, 1.807) is 0 Å². The monoisotopic (exact) mass is 369 g/mol. The second-order valence-corrected chi connectivity index (χ2v) is 6.43. The van der Waals surface area contributed by atoms with Crippen LogP contribution in [0.3, 0.4) is 0 Å². The lowest BCUT2D eigenvalue weighted by atomic mass is 10.1. The average molecular weight is 369 g/mol. The number of amides is 1. The van der Waals surface area contributed by atoms with Crippen LogP contribution in [-0.2, 0) is 11.2 Å². The van der Waals surface area contributed by atoms with Crippen LogP contribution in [0.2, 0.25) is 0 Å². The van der Waals surface area contributed by atoms with Crippen LogP contribution < -0.4 is 14.8 Å². The summed E-state index contributed by atoms with van der Waals surface area (Å²) in [6, 6.07) is 23.2. The largest absolute Gasteiger partial charge is 0.454 e. The molecule has 0 saturated carbocycles. The Balaban J connectivity index is 1.35. The number of hydrogen-bond acceptors (Lipinski definition) is 3. The third-order valence-corrected chi connectivity index (χ3v) is 4.35. The van der Waals surface area contributed by atoms with E-state index >= 15 is 0 Å². The first kappa shape index (κ1) is 17.7. The molecule has 0 unspecified atom stereocenters. The summed E-state index contributed by atoms with van der Waals surface area (Å²) in [5, 5.41) is 2.94. The Morgan fingerprint density at radius 2 is 1.64 bits per heavy atom. The van der Waals surface area contributed by atoms with Gasteiger partial charge in [-0.25, -0.2) is 0 Å². The molecular formula is C24H19NO3. The zero-order valence-corrected chi connectivity index (χ0v) is 15.3. The van der Waals surface area contributed by atoms with Crippen molar-refractivity contribution >= 4 is 11.6 Å². The van der Waals surface area contributed by atoms with E-state index in [1.165, 1.54) is 0 Å². The molecule has 0 aliphatic carbocycles. The summed E-state index contributed by atoms with van der Waals surface area (Å²) in [5.74, 6) is 7.71. The molecule has 138 valence electrons. The Hall–Kier alpha value is -3.71. The minimum atomic E-state index is -0.0363. The van der Waals surface area contributed by atoms with Gasteiger partial charge < -0.3 is 14.8 Å². The van der Waals surface area contributed by atoms with Crippen molar-refractivity contribution in [1.82, 2.24) is 0 Å². The number of nitrogens with one attached hydrogen (secondary N) is 1. The first-order chi connectivity index (χ1) is 13.8. The van der Waals surface area contributed by atoms with E-state index in [1.807, 2.05) is 72.8 Å². The van der Waals surface area contributed by atoms with E-state index in [9.17, 15) is 4.79 Å². The summed E-state index contributed by atoms with van der Waals surface area (Å²) in [5.41, 5.74) is 3.61. The standard InChI is InChI=1S/C24H19NO3/c26-24(14-12-20-11-13-22-23(16-20)28-17-27-22)25-21-8-4-7-19(15-21)10-9-18-5-2-1-3-6-18/h1-8,11,13,15-16H,12,14,17H2,(H,25,26). The molecule has 1 aliphatic heterocycles. The van der Waals surface area contributed by atoms with Crippen LogP contribution >= 0.6 is 0 Å². The molecule has 0 atom stereocenters. The predicted molar refractivity (Wildman–Crippen MR) is 108 cm³/mol. The summed E-state index contributed by atoms with van der Waals surface area (Å²) in [6.45, 7) is 0.253. The van der Waals surface area contributed by atoms with Gasteiger partial charge in [0, 0.05) is 23.2 Å². The minimum absolute atomic E-state index is 0.0363. The fourth-order valence-corrected chi connectivity index (χ4v) is 2.92. The highest BCUT2D eigenvalue weighted by atomic mass is 16.7. The first-order valence-corrected chi connectivity index (χ1v) is 9.12. The topological polar surface area (TPSA) is 47.6 Å². The number of carbonyl (C=O) groups is 1. The summed E-state index contributed by atoms with van der Waals surface area (Å²) < 4.78 is 10.7. The van der Waals surface area contributed by atoms with Crippen molar-refractivity contribution in [2.24, 2.45) is 0 Å². The Morgan fingerprint density at radius 1 is 0.857 bits per heavy atom. The van der Waals surface area contributed by atoms with Crippen LogP contribution in [0.5, 0.6) is 11.5 Å². The number of aryl methyl sites for hydroxylation is 1. The third kappa shape index (κ3) is 4.52. The number of carbonyl (C=O) groups excluding carboxylic acids is 1. The predicted octanol–water partition coefficient (Wildman–Crippen LogP) is 4.39. The molecular weight excluding hydrogens is 350 g/mol. The quantitative estimate of drug-likeness (QED) is 0.694. The maximum atomic E-state index is 12.3. The van der Waals surface area contributed by atoms with E-state index in [2.05, 4.69) is 17.2 Å². The van der Waals surface area contributed by atoms with Crippen LogP contribution in [-0.4, -0.2) is 12.7 Å². The second-order valence-electron chi connectivity index (χ2n) is 6.43. The number of ether oxygens (including phenoxy) is 2. The van der Waals surface area contributed by atoms with Crippen molar-refractivity contribution in [3.05, 3.63) is 89.5 Å². The molecule has 28 heavy (non-hydrogen) atoms. The SMILES string of the molecule is O=C(CCc1ccc2c(c1)OCO2)Nc1cccc(C#Cc2ccccc2)c1. The molecule has 4 heteroatoms. The molecule has 1 heterocycles. The van der Waals surface area contributed by atoms with Gasteiger partial charge in [-0.15, -0.1) is 0 Å². The molecule has 0 bridgehead atoms. The van der Waals surface area contributed by atoms with Crippen molar-refractivity contribution in [3.8, 4) is 23.3 Å². The van der Waals surface area contributed by atoms with Gasteiger partial charge in [0.05, 0.1) is 0 Å². The van der Waals surface area contributed by atoms with Gasteiger partial charge in [-0.05, 0) is 54.4 Å². The summed E-state index contributed by atoms with van der Waals surface area (Å²) in [4.78, 5) is 12.3. The molecule has 4 rings (SSSR count). The lowest BCUT2D eigenvalue weighted by Gasteiger charge is -2.06. The van der Waals surface area contributed by atoms with Crippen LogP contribution in [0.15, 0.2) is 72.8 Å². The fourth-order valence-electron chi connectivity index (χ4n) is 2.92. The van der Waals surface area contributed by atoms with Gasteiger partial charge in [0.15, 0.2) is 11.5 Å². The van der Waals surface area contributed by atoms with Crippen molar-refractivity contribution in [1.29, 1.82) is 0 Å². The average Bonchev–Trinajstić information content (AvgIpc) is 3.20. The molecule has 3 aromatic rings. The third-order valence-electron chi connectivity index (χ3n) is 4.35. The van der Waals surface area contributed by atoms with Crippen molar-refractivity contribution in [2.45, 2.75) is 12.8 Å². The van der Waals surface area contributed by atoms with Crippen LogP contribution in [0.25, 0.3) is 0 Å². The zero-order chi connectivity index (χ0) is 19.2. The Labute approximate surface area is 164 Å². The lowest BCUT2D eigenvalue weighted by molar-refractivity contribution is -0.116. The van der Waals surface area contributed by atoms with Gasteiger partial charge in [0.2, 0.25) is 12.7 Å². The molecule has 3 aromatic carbocycles. The molecule has 4 nitrogen and oxygen atoms in total. The molecule has 0 spiro atoms. The van der Waals surface area contributed by atoms with E-state index in [0.29, 0.717) is 12.8 Å².